The van der Waals surface area contributed by atoms with Crippen LogP contribution in [0.25, 0.3) is 0 Å². The number of nitrogens with one attached hydrogen (secondary N) is 2. The molecule has 1 aliphatic heterocycles. The Morgan fingerprint density at radius 3 is 2.55 bits per heavy atom. The standard InChI is InChI=1S/C24H28BrN7O/c1-30-11-13-31(14-12-30)19-8-6-18(7-9-19)27-24-26-15-20(25)22(29-24)28-21-3-2-10-32(23(21)33)16-17-4-5-17/h2-3,6-10,15,17H,4-5,11-14,16H2,1H3,(H2,26,27,28,29). The van der Waals surface area contributed by atoms with Gasteiger partial charge in [0.1, 0.15) is 5.69 Å². The summed E-state index contributed by atoms with van der Waals surface area (Å²) in [5, 5.41) is 6.44. The smallest absolute Gasteiger partial charge is 0.274 e. The van der Waals surface area contributed by atoms with Crippen LogP contribution < -0.4 is 21.1 Å². The number of aromatic nitrogens is 3. The second-order valence-electron chi connectivity index (χ2n) is 8.80. The number of anilines is 5. The summed E-state index contributed by atoms with van der Waals surface area (Å²) in [4.78, 5) is 26.5. The summed E-state index contributed by atoms with van der Waals surface area (Å²) in [7, 11) is 2.16. The lowest BCUT2D eigenvalue weighted by Crippen LogP contribution is -2.44. The van der Waals surface area contributed by atoms with Crippen LogP contribution in [0.4, 0.5) is 28.8 Å². The van der Waals surface area contributed by atoms with Gasteiger partial charge in [-0.25, -0.2) is 4.98 Å². The topological polar surface area (TPSA) is 78.3 Å². The van der Waals surface area contributed by atoms with Gasteiger partial charge in [-0.15, -0.1) is 0 Å². The second-order valence-corrected chi connectivity index (χ2v) is 9.65. The maximum absolute atomic E-state index is 12.8. The lowest BCUT2D eigenvalue weighted by molar-refractivity contribution is 0.313. The minimum Gasteiger partial charge on any atom is -0.369 e. The Morgan fingerprint density at radius 1 is 1.06 bits per heavy atom. The number of halogens is 1. The van der Waals surface area contributed by atoms with E-state index in [1.807, 2.05) is 24.4 Å². The number of nitrogens with zero attached hydrogens (tertiary/aromatic N) is 5. The molecule has 172 valence electrons. The van der Waals surface area contributed by atoms with E-state index in [0.29, 0.717) is 27.8 Å². The summed E-state index contributed by atoms with van der Waals surface area (Å²) < 4.78 is 2.46. The van der Waals surface area contributed by atoms with Gasteiger partial charge in [0.2, 0.25) is 5.95 Å². The number of rotatable bonds is 7. The van der Waals surface area contributed by atoms with Crippen molar-refractivity contribution < 1.29 is 0 Å². The van der Waals surface area contributed by atoms with Crippen LogP contribution in [0.15, 0.2) is 58.1 Å². The van der Waals surface area contributed by atoms with Gasteiger partial charge in [0.15, 0.2) is 5.82 Å². The highest BCUT2D eigenvalue weighted by Gasteiger charge is 2.22. The van der Waals surface area contributed by atoms with E-state index in [0.717, 1.165) is 38.4 Å². The Balaban J connectivity index is 1.28. The van der Waals surface area contributed by atoms with E-state index in [-0.39, 0.29) is 5.56 Å². The fourth-order valence-electron chi connectivity index (χ4n) is 3.95. The van der Waals surface area contributed by atoms with E-state index >= 15 is 0 Å². The summed E-state index contributed by atoms with van der Waals surface area (Å²) in [5.74, 6) is 1.63. The van der Waals surface area contributed by atoms with Crippen molar-refractivity contribution in [3.05, 3.63) is 63.6 Å². The van der Waals surface area contributed by atoms with Crippen molar-refractivity contribution >= 4 is 44.8 Å². The van der Waals surface area contributed by atoms with Crippen LogP contribution in [0.5, 0.6) is 0 Å². The van der Waals surface area contributed by atoms with Gasteiger partial charge in [-0.2, -0.15) is 4.98 Å². The summed E-state index contributed by atoms with van der Waals surface area (Å²) >= 11 is 3.49. The average molecular weight is 510 g/mol. The van der Waals surface area contributed by atoms with Crippen LogP contribution in [0, 0.1) is 5.92 Å². The zero-order valence-electron chi connectivity index (χ0n) is 18.7. The molecule has 1 aliphatic carbocycles. The van der Waals surface area contributed by atoms with Crippen molar-refractivity contribution in [2.45, 2.75) is 19.4 Å². The van der Waals surface area contributed by atoms with Gasteiger partial charge in [0.05, 0.1) is 4.47 Å². The normalized spacial score (nSPS) is 16.6. The van der Waals surface area contributed by atoms with Crippen LogP contribution in [0.2, 0.25) is 0 Å². The molecule has 0 atom stereocenters. The molecule has 2 aromatic heterocycles. The molecule has 2 N–H and O–H groups in total. The van der Waals surface area contributed by atoms with Crippen LogP contribution in [-0.4, -0.2) is 52.7 Å². The molecule has 1 aromatic carbocycles. The third-order valence-corrected chi connectivity index (χ3v) is 6.74. The molecule has 0 radical (unpaired) electrons. The van der Waals surface area contributed by atoms with E-state index in [1.54, 1.807) is 16.8 Å². The molecular weight excluding hydrogens is 482 g/mol. The summed E-state index contributed by atoms with van der Waals surface area (Å²) in [5.41, 5.74) is 2.59. The van der Waals surface area contributed by atoms with Crippen molar-refractivity contribution in [2.75, 3.05) is 48.8 Å². The van der Waals surface area contributed by atoms with Crippen LogP contribution in [0.1, 0.15) is 12.8 Å². The van der Waals surface area contributed by atoms with Gasteiger partial charge < -0.3 is 25.0 Å². The number of likely N-dealkylation sites (N-methyl/N-ethyl adjacent to an activating group) is 1. The van der Waals surface area contributed by atoms with Gasteiger partial charge in [0, 0.05) is 56.5 Å². The van der Waals surface area contributed by atoms with Crippen LogP contribution in [-0.2, 0) is 6.54 Å². The molecule has 9 heteroatoms. The fourth-order valence-corrected chi connectivity index (χ4v) is 4.24. The SMILES string of the molecule is CN1CCN(c2ccc(Nc3ncc(Br)c(Nc4cccn(CC5CC5)c4=O)n3)cc2)CC1. The quantitative estimate of drug-likeness (QED) is 0.497. The van der Waals surface area contributed by atoms with E-state index in [9.17, 15) is 4.79 Å². The molecule has 0 spiro atoms. The summed E-state index contributed by atoms with van der Waals surface area (Å²) in [6.45, 7) is 5.01. The monoisotopic (exact) mass is 509 g/mol. The molecular formula is C24H28BrN7O. The molecule has 3 heterocycles. The number of hydrogen-bond donors (Lipinski definition) is 2. The van der Waals surface area contributed by atoms with Crippen LogP contribution in [0.3, 0.4) is 0 Å². The van der Waals surface area contributed by atoms with Crippen molar-refractivity contribution in [3.8, 4) is 0 Å². The molecule has 2 aliphatic rings. The largest absolute Gasteiger partial charge is 0.369 e. The van der Waals surface area contributed by atoms with E-state index in [2.05, 4.69) is 65.5 Å². The van der Waals surface area contributed by atoms with E-state index < -0.39 is 0 Å². The average Bonchev–Trinajstić information content (AvgIpc) is 3.64. The van der Waals surface area contributed by atoms with Gasteiger partial charge >= 0.3 is 0 Å². The maximum atomic E-state index is 12.8. The predicted molar refractivity (Wildman–Crippen MR) is 136 cm³/mol. The number of hydrogen-bond acceptors (Lipinski definition) is 7. The summed E-state index contributed by atoms with van der Waals surface area (Å²) in [6, 6.07) is 12.0. The van der Waals surface area contributed by atoms with Crippen molar-refractivity contribution in [3.63, 3.8) is 0 Å². The summed E-state index contributed by atoms with van der Waals surface area (Å²) in [6.07, 6.45) is 5.93. The molecule has 8 nitrogen and oxygen atoms in total. The highest BCUT2D eigenvalue weighted by molar-refractivity contribution is 9.10. The number of piperazine rings is 1. The Hall–Kier alpha value is -2.91. The first-order valence-electron chi connectivity index (χ1n) is 11.3. The van der Waals surface area contributed by atoms with Crippen molar-refractivity contribution in [1.82, 2.24) is 19.4 Å². The van der Waals surface area contributed by atoms with Gasteiger partial charge in [-0.1, -0.05) is 0 Å². The maximum Gasteiger partial charge on any atom is 0.274 e. The first kappa shape index (κ1) is 21.9. The lowest BCUT2D eigenvalue weighted by atomic mass is 10.2. The van der Waals surface area contributed by atoms with Crippen molar-refractivity contribution in [1.29, 1.82) is 0 Å². The zero-order chi connectivity index (χ0) is 22.8. The molecule has 5 rings (SSSR count). The molecule has 0 bridgehead atoms. The molecule has 0 amide bonds. The highest BCUT2D eigenvalue weighted by atomic mass is 79.9. The fraction of sp³-hybridized carbons (Fsp3) is 0.375. The van der Waals surface area contributed by atoms with Crippen molar-refractivity contribution in [2.24, 2.45) is 5.92 Å². The first-order valence-corrected chi connectivity index (χ1v) is 12.1. The Bertz CT molecular complexity index is 1170. The Kier molecular flexibility index (Phi) is 6.32. The third-order valence-electron chi connectivity index (χ3n) is 6.16. The lowest BCUT2D eigenvalue weighted by Gasteiger charge is -2.34. The first-order chi connectivity index (χ1) is 16.0. The van der Waals surface area contributed by atoms with Gasteiger partial charge in [0.25, 0.3) is 5.56 Å². The molecule has 0 unspecified atom stereocenters. The third kappa shape index (κ3) is 5.36. The molecule has 33 heavy (non-hydrogen) atoms. The predicted octanol–water partition coefficient (Wildman–Crippen LogP) is 4.05. The molecule has 2 fully saturated rings. The highest BCUT2D eigenvalue weighted by Crippen LogP contribution is 2.30. The van der Waals surface area contributed by atoms with Gasteiger partial charge in [-0.3, -0.25) is 4.79 Å². The Labute approximate surface area is 201 Å². The molecule has 1 saturated carbocycles. The molecule has 3 aromatic rings. The van der Waals surface area contributed by atoms with E-state index in [4.69, 9.17) is 0 Å². The van der Waals surface area contributed by atoms with Crippen LogP contribution >= 0.6 is 15.9 Å². The zero-order valence-corrected chi connectivity index (χ0v) is 20.3. The van der Waals surface area contributed by atoms with Gasteiger partial charge in [-0.05, 0) is 78.1 Å². The molecule has 1 saturated heterocycles. The Morgan fingerprint density at radius 2 is 1.82 bits per heavy atom. The number of benzene rings is 1. The minimum absolute atomic E-state index is 0.0380. The number of pyridine rings is 1. The second kappa shape index (κ2) is 9.52. The minimum atomic E-state index is -0.0380. The van der Waals surface area contributed by atoms with E-state index in [1.165, 1.54) is 18.5 Å².